The Kier molecular flexibility index (Phi) is 3.43. The number of aromatic nitrogens is 2. The topological polar surface area (TPSA) is 86.9 Å². The standard InChI is InChI=1S/C13H16N4O/c1-9-12(15)8-17(16-9)13(18)11(14)7-10-5-3-2-4-6-10/h2-6,8,11H,7,14-15H2,1H3/t11-/m0/s1. The highest BCUT2D eigenvalue weighted by Crippen LogP contribution is 2.08. The summed E-state index contributed by atoms with van der Waals surface area (Å²) in [4.78, 5) is 12.0. The molecule has 1 aromatic carbocycles. The van der Waals surface area contributed by atoms with Gasteiger partial charge < -0.3 is 11.5 Å². The molecule has 0 spiro atoms. The maximum atomic E-state index is 12.0. The molecule has 18 heavy (non-hydrogen) atoms. The first-order valence-electron chi connectivity index (χ1n) is 5.73. The van der Waals surface area contributed by atoms with Crippen molar-refractivity contribution in [2.75, 3.05) is 5.73 Å². The molecule has 1 aromatic heterocycles. The molecule has 0 amide bonds. The molecule has 0 aliphatic heterocycles. The number of hydrogen-bond acceptors (Lipinski definition) is 4. The van der Waals surface area contributed by atoms with E-state index in [-0.39, 0.29) is 5.91 Å². The van der Waals surface area contributed by atoms with Crippen molar-refractivity contribution in [3.8, 4) is 0 Å². The zero-order valence-corrected chi connectivity index (χ0v) is 10.2. The molecule has 0 unspecified atom stereocenters. The van der Waals surface area contributed by atoms with Crippen LogP contribution < -0.4 is 11.5 Å². The first kappa shape index (κ1) is 12.3. The van der Waals surface area contributed by atoms with Crippen molar-refractivity contribution in [3.63, 3.8) is 0 Å². The summed E-state index contributed by atoms with van der Waals surface area (Å²) < 4.78 is 1.22. The summed E-state index contributed by atoms with van der Waals surface area (Å²) in [5.41, 5.74) is 13.7. The van der Waals surface area contributed by atoms with E-state index >= 15 is 0 Å². The molecule has 1 atom stereocenters. The molecule has 5 heteroatoms. The van der Waals surface area contributed by atoms with E-state index in [1.165, 1.54) is 10.9 Å². The van der Waals surface area contributed by atoms with Gasteiger partial charge >= 0.3 is 0 Å². The lowest BCUT2D eigenvalue weighted by molar-refractivity contribution is 0.0862. The number of carbonyl (C=O) groups is 1. The van der Waals surface area contributed by atoms with Crippen LogP contribution in [0, 0.1) is 6.92 Å². The Hall–Kier alpha value is -2.14. The molecule has 0 fully saturated rings. The molecule has 0 aliphatic carbocycles. The highest BCUT2D eigenvalue weighted by molar-refractivity contribution is 5.84. The Morgan fingerprint density at radius 2 is 2.06 bits per heavy atom. The molecule has 2 rings (SSSR count). The second-order valence-electron chi connectivity index (χ2n) is 4.25. The molecular formula is C13H16N4O. The monoisotopic (exact) mass is 244 g/mol. The minimum atomic E-state index is -0.619. The van der Waals surface area contributed by atoms with Gasteiger partial charge in [0.25, 0.3) is 5.91 Å². The lowest BCUT2D eigenvalue weighted by Gasteiger charge is -2.10. The summed E-state index contributed by atoms with van der Waals surface area (Å²) in [5, 5.41) is 4.03. The SMILES string of the molecule is Cc1nn(C(=O)[C@@H](N)Cc2ccccc2)cc1N. The largest absolute Gasteiger partial charge is 0.396 e. The fourth-order valence-corrected chi connectivity index (χ4v) is 1.71. The number of rotatable bonds is 3. The van der Waals surface area contributed by atoms with Crippen LogP contribution in [0.4, 0.5) is 5.69 Å². The normalized spacial score (nSPS) is 12.3. The molecule has 0 aliphatic rings. The van der Waals surface area contributed by atoms with Crippen molar-refractivity contribution in [2.45, 2.75) is 19.4 Å². The highest BCUT2D eigenvalue weighted by Gasteiger charge is 2.17. The molecule has 94 valence electrons. The molecule has 1 heterocycles. The number of hydrogen-bond donors (Lipinski definition) is 2. The lowest BCUT2D eigenvalue weighted by Crippen LogP contribution is -2.37. The van der Waals surface area contributed by atoms with Crippen LogP contribution in [0.5, 0.6) is 0 Å². The molecule has 2 aromatic rings. The first-order chi connectivity index (χ1) is 8.58. The maximum Gasteiger partial charge on any atom is 0.264 e. The Morgan fingerprint density at radius 3 is 2.61 bits per heavy atom. The van der Waals surface area contributed by atoms with Crippen LogP contribution in [-0.2, 0) is 6.42 Å². The number of nitrogen functional groups attached to an aromatic ring is 1. The van der Waals surface area contributed by atoms with E-state index in [2.05, 4.69) is 5.10 Å². The number of aryl methyl sites for hydroxylation is 1. The van der Waals surface area contributed by atoms with Crippen molar-refractivity contribution in [2.24, 2.45) is 5.73 Å². The highest BCUT2D eigenvalue weighted by atomic mass is 16.2. The molecule has 0 saturated carbocycles. The van der Waals surface area contributed by atoms with Crippen molar-refractivity contribution < 1.29 is 4.79 Å². The van der Waals surface area contributed by atoms with Gasteiger partial charge in [0.05, 0.1) is 23.6 Å². The van der Waals surface area contributed by atoms with Crippen molar-refractivity contribution in [1.29, 1.82) is 0 Å². The number of nitrogens with zero attached hydrogens (tertiary/aromatic N) is 2. The van der Waals surface area contributed by atoms with Crippen LogP contribution in [0.3, 0.4) is 0 Å². The molecule has 5 nitrogen and oxygen atoms in total. The first-order valence-corrected chi connectivity index (χ1v) is 5.73. The quantitative estimate of drug-likeness (QED) is 0.842. The van der Waals surface area contributed by atoms with Crippen LogP contribution in [0.1, 0.15) is 16.1 Å². The minimum Gasteiger partial charge on any atom is -0.396 e. The van der Waals surface area contributed by atoms with Gasteiger partial charge in [-0.2, -0.15) is 5.10 Å². The van der Waals surface area contributed by atoms with Crippen molar-refractivity contribution >= 4 is 11.6 Å². The fraction of sp³-hybridized carbons (Fsp3) is 0.231. The van der Waals surface area contributed by atoms with Gasteiger partial charge in [0.15, 0.2) is 0 Å². The average Bonchev–Trinajstić information content (AvgIpc) is 2.70. The van der Waals surface area contributed by atoms with Gasteiger partial charge in [-0.3, -0.25) is 4.79 Å². The minimum absolute atomic E-state index is 0.251. The van der Waals surface area contributed by atoms with E-state index in [1.54, 1.807) is 6.92 Å². The number of nitrogens with two attached hydrogens (primary N) is 2. The van der Waals surface area contributed by atoms with E-state index in [1.807, 2.05) is 30.3 Å². The van der Waals surface area contributed by atoms with E-state index in [9.17, 15) is 4.79 Å². The van der Waals surface area contributed by atoms with Gasteiger partial charge in [-0.1, -0.05) is 30.3 Å². The summed E-state index contributed by atoms with van der Waals surface area (Å²) in [5.74, 6) is -0.251. The van der Waals surface area contributed by atoms with Gasteiger partial charge in [-0.25, -0.2) is 4.68 Å². The van der Waals surface area contributed by atoms with E-state index in [4.69, 9.17) is 11.5 Å². The summed E-state index contributed by atoms with van der Waals surface area (Å²) in [6.45, 7) is 1.75. The molecule has 0 radical (unpaired) electrons. The van der Waals surface area contributed by atoms with Crippen LogP contribution in [0.25, 0.3) is 0 Å². The lowest BCUT2D eigenvalue weighted by atomic mass is 10.1. The van der Waals surface area contributed by atoms with Gasteiger partial charge in [0.1, 0.15) is 0 Å². The molecule has 4 N–H and O–H groups in total. The number of anilines is 1. The summed E-state index contributed by atoms with van der Waals surface area (Å²) in [6.07, 6.45) is 1.99. The average molecular weight is 244 g/mol. The molecule has 0 saturated heterocycles. The van der Waals surface area contributed by atoms with Crippen LogP contribution in [0.15, 0.2) is 36.5 Å². The summed E-state index contributed by atoms with van der Waals surface area (Å²) in [7, 11) is 0. The van der Waals surface area contributed by atoms with Crippen LogP contribution in [-0.4, -0.2) is 21.7 Å². The molecule has 0 bridgehead atoms. The van der Waals surface area contributed by atoms with Crippen molar-refractivity contribution in [1.82, 2.24) is 9.78 Å². The fourth-order valence-electron chi connectivity index (χ4n) is 1.71. The number of carbonyl (C=O) groups excluding carboxylic acids is 1. The summed E-state index contributed by atoms with van der Waals surface area (Å²) in [6, 6.07) is 9.02. The third-order valence-electron chi connectivity index (χ3n) is 2.78. The second kappa shape index (κ2) is 5.01. The molecular weight excluding hydrogens is 228 g/mol. The Balaban J connectivity index is 2.09. The van der Waals surface area contributed by atoms with Crippen molar-refractivity contribution in [3.05, 3.63) is 47.8 Å². The smallest absolute Gasteiger partial charge is 0.264 e. The second-order valence-corrected chi connectivity index (χ2v) is 4.25. The third-order valence-corrected chi connectivity index (χ3v) is 2.78. The Morgan fingerprint density at radius 1 is 1.39 bits per heavy atom. The maximum absolute atomic E-state index is 12.0. The van der Waals surface area contributed by atoms with Gasteiger partial charge in [-0.05, 0) is 18.9 Å². The Labute approximate surface area is 105 Å². The van der Waals surface area contributed by atoms with Gasteiger partial charge in [0.2, 0.25) is 0 Å². The summed E-state index contributed by atoms with van der Waals surface area (Å²) >= 11 is 0. The van der Waals surface area contributed by atoms with Gasteiger partial charge in [-0.15, -0.1) is 0 Å². The number of benzene rings is 1. The van der Waals surface area contributed by atoms with Gasteiger partial charge in [0, 0.05) is 0 Å². The van der Waals surface area contributed by atoms with E-state index < -0.39 is 6.04 Å². The predicted octanol–water partition coefficient (Wildman–Crippen LogP) is 0.984. The van der Waals surface area contributed by atoms with Crippen LogP contribution in [0.2, 0.25) is 0 Å². The zero-order chi connectivity index (χ0) is 13.1. The van der Waals surface area contributed by atoms with E-state index in [0.29, 0.717) is 17.8 Å². The Bertz CT molecular complexity index is 528. The predicted molar refractivity (Wildman–Crippen MR) is 70.1 cm³/mol. The van der Waals surface area contributed by atoms with Crippen LogP contribution >= 0.6 is 0 Å². The third kappa shape index (κ3) is 2.57. The zero-order valence-electron chi connectivity index (χ0n) is 10.2. The van der Waals surface area contributed by atoms with E-state index in [0.717, 1.165) is 5.56 Å².